The van der Waals surface area contributed by atoms with Gasteiger partial charge in [-0.3, -0.25) is 0 Å². The van der Waals surface area contributed by atoms with Crippen molar-refractivity contribution >= 4 is 12.1 Å². The molecule has 0 radical (unpaired) electrons. The molecule has 0 unspecified atom stereocenters. The van der Waals surface area contributed by atoms with Crippen LogP contribution >= 0.6 is 0 Å². The maximum absolute atomic E-state index is 8.81. The van der Waals surface area contributed by atoms with Crippen molar-refractivity contribution in [3.63, 3.8) is 0 Å². The maximum atomic E-state index is 8.81. The summed E-state index contributed by atoms with van der Waals surface area (Å²) < 4.78 is 5.20. The van der Waals surface area contributed by atoms with Crippen molar-refractivity contribution in [3.05, 3.63) is 72.1 Å². The fourth-order valence-electron chi connectivity index (χ4n) is 2.45. The SMILES string of the molecule is CC=O.CNc1ncc(-c2ccc(OC)cc2)nc1Cc1ccccc1. The zero-order valence-corrected chi connectivity index (χ0v) is 15.3. The van der Waals surface area contributed by atoms with Gasteiger partial charge in [0.1, 0.15) is 17.9 Å². The summed E-state index contributed by atoms with van der Waals surface area (Å²) in [6, 6.07) is 18.1. The van der Waals surface area contributed by atoms with Crippen LogP contribution in [-0.2, 0) is 11.2 Å². The van der Waals surface area contributed by atoms with Gasteiger partial charge in [-0.15, -0.1) is 0 Å². The first-order valence-corrected chi connectivity index (χ1v) is 8.33. The molecule has 0 aliphatic carbocycles. The molecule has 5 heteroatoms. The molecule has 0 saturated heterocycles. The van der Waals surface area contributed by atoms with Crippen LogP contribution in [0.4, 0.5) is 5.82 Å². The number of ether oxygens (including phenoxy) is 1. The number of methoxy groups -OCH3 is 1. The van der Waals surface area contributed by atoms with E-state index in [-0.39, 0.29) is 0 Å². The fourth-order valence-corrected chi connectivity index (χ4v) is 2.45. The molecule has 3 rings (SSSR count). The molecule has 0 fully saturated rings. The average Bonchev–Trinajstić information content (AvgIpc) is 2.69. The molecule has 1 heterocycles. The first kappa shape index (κ1) is 19.1. The molecule has 1 N–H and O–H groups in total. The van der Waals surface area contributed by atoms with Crippen molar-refractivity contribution in [2.45, 2.75) is 13.3 Å². The lowest BCUT2D eigenvalue weighted by Crippen LogP contribution is -2.03. The molecule has 26 heavy (non-hydrogen) atoms. The Kier molecular flexibility index (Phi) is 7.31. The molecule has 0 spiro atoms. The highest BCUT2D eigenvalue weighted by Gasteiger charge is 2.09. The second kappa shape index (κ2) is 9.93. The minimum atomic E-state index is 0.744. The molecule has 134 valence electrons. The van der Waals surface area contributed by atoms with Gasteiger partial charge in [0.15, 0.2) is 0 Å². The summed E-state index contributed by atoms with van der Waals surface area (Å²) in [6.45, 7) is 1.44. The van der Waals surface area contributed by atoms with Crippen molar-refractivity contribution in [2.75, 3.05) is 19.5 Å². The summed E-state index contributed by atoms with van der Waals surface area (Å²) in [7, 11) is 3.53. The number of anilines is 1. The van der Waals surface area contributed by atoms with Crippen molar-refractivity contribution in [3.8, 4) is 17.0 Å². The van der Waals surface area contributed by atoms with Crippen LogP contribution < -0.4 is 10.1 Å². The molecule has 0 atom stereocenters. The minimum absolute atomic E-state index is 0.744. The molecule has 1 aromatic heterocycles. The molecule has 0 aliphatic rings. The van der Waals surface area contributed by atoms with Crippen molar-refractivity contribution in [1.29, 1.82) is 0 Å². The molecule has 0 saturated carbocycles. The van der Waals surface area contributed by atoms with E-state index in [1.807, 2.05) is 49.5 Å². The predicted molar refractivity (Wildman–Crippen MR) is 105 cm³/mol. The molecule has 0 aliphatic heterocycles. The van der Waals surface area contributed by atoms with E-state index < -0.39 is 0 Å². The van der Waals surface area contributed by atoms with Crippen molar-refractivity contribution < 1.29 is 9.53 Å². The normalized spacial score (nSPS) is 9.65. The van der Waals surface area contributed by atoms with Crippen molar-refractivity contribution in [1.82, 2.24) is 9.97 Å². The van der Waals surface area contributed by atoms with E-state index in [0.29, 0.717) is 0 Å². The Hall–Kier alpha value is -3.21. The third-order valence-corrected chi connectivity index (χ3v) is 3.68. The lowest BCUT2D eigenvalue weighted by atomic mass is 10.1. The molecule has 0 amide bonds. The Morgan fingerprint density at radius 2 is 1.73 bits per heavy atom. The molecular weight excluding hydrogens is 326 g/mol. The standard InChI is InChI=1S/C19H19N3O.C2H4O/c1-20-19-17(12-14-6-4-3-5-7-14)22-18(13-21-19)15-8-10-16(23-2)11-9-15;1-2-3/h3-11,13H,12H2,1-2H3,(H,20,21);2H,1H3. The maximum Gasteiger partial charge on any atom is 0.147 e. The lowest BCUT2D eigenvalue weighted by molar-refractivity contribution is -0.106. The van der Waals surface area contributed by atoms with Gasteiger partial charge >= 0.3 is 0 Å². The highest BCUT2D eigenvalue weighted by atomic mass is 16.5. The quantitative estimate of drug-likeness (QED) is 0.706. The first-order chi connectivity index (χ1) is 12.7. The van der Waals surface area contributed by atoms with Crippen LogP contribution in [0.15, 0.2) is 60.8 Å². The van der Waals surface area contributed by atoms with Crippen LogP contribution in [0.1, 0.15) is 18.2 Å². The Balaban J connectivity index is 0.000000758. The van der Waals surface area contributed by atoms with Crippen LogP contribution in [-0.4, -0.2) is 30.4 Å². The smallest absolute Gasteiger partial charge is 0.147 e. The van der Waals surface area contributed by atoms with E-state index in [1.54, 1.807) is 13.3 Å². The number of rotatable bonds is 5. The van der Waals surface area contributed by atoms with E-state index in [4.69, 9.17) is 14.5 Å². The molecule has 2 aromatic carbocycles. The predicted octanol–water partition coefficient (Wildman–Crippen LogP) is 3.99. The number of hydrogen-bond donors (Lipinski definition) is 1. The topological polar surface area (TPSA) is 64.1 Å². The Morgan fingerprint density at radius 3 is 2.31 bits per heavy atom. The number of aldehydes is 1. The molecule has 0 bridgehead atoms. The third kappa shape index (κ3) is 5.14. The van der Waals surface area contributed by atoms with Gasteiger partial charge in [-0.05, 0) is 36.8 Å². The van der Waals surface area contributed by atoms with Gasteiger partial charge in [-0.1, -0.05) is 30.3 Å². The van der Waals surface area contributed by atoms with Crippen LogP contribution in [0.5, 0.6) is 5.75 Å². The Labute approximate surface area is 154 Å². The van der Waals surface area contributed by atoms with Crippen LogP contribution in [0.25, 0.3) is 11.3 Å². The zero-order chi connectivity index (χ0) is 18.8. The second-order valence-electron chi connectivity index (χ2n) is 5.43. The minimum Gasteiger partial charge on any atom is -0.497 e. The molecule has 3 aromatic rings. The number of aromatic nitrogens is 2. The van der Waals surface area contributed by atoms with Crippen LogP contribution in [0.2, 0.25) is 0 Å². The second-order valence-corrected chi connectivity index (χ2v) is 5.43. The largest absolute Gasteiger partial charge is 0.497 e. The van der Waals surface area contributed by atoms with Crippen LogP contribution in [0, 0.1) is 0 Å². The molecule has 5 nitrogen and oxygen atoms in total. The summed E-state index contributed by atoms with van der Waals surface area (Å²) in [5, 5.41) is 3.12. The first-order valence-electron chi connectivity index (χ1n) is 8.33. The zero-order valence-electron chi connectivity index (χ0n) is 15.3. The highest BCUT2D eigenvalue weighted by molar-refractivity contribution is 5.61. The summed E-state index contributed by atoms with van der Waals surface area (Å²) in [4.78, 5) is 18.1. The summed E-state index contributed by atoms with van der Waals surface area (Å²) in [6.07, 6.45) is 3.29. The van der Waals surface area contributed by atoms with Gasteiger partial charge in [0, 0.05) is 19.0 Å². The Bertz CT molecular complexity index is 818. The van der Waals surface area contributed by atoms with Gasteiger partial charge in [0.2, 0.25) is 0 Å². The van der Waals surface area contributed by atoms with E-state index in [2.05, 4.69) is 22.4 Å². The van der Waals surface area contributed by atoms with E-state index in [1.165, 1.54) is 12.5 Å². The molecular formula is C21H23N3O2. The summed E-state index contributed by atoms with van der Waals surface area (Å²) in [5.74, 6) is 1.64. The van der Waals surface area contributed by atoms with Gasteiger partial charge in [-0.25, -0.2) is 9.97 Å². The van der Waals surface area contributed by atoms with Gasteiger partial charge in [0.05, 0.1) is 24.7 Å². The van der Waals surface area contributed by atoms with Crippen molar-refractivity contribution in [2.24, 2.45) is 0 Å². The Morgan fingerprint density at radius 1 is 1.08 bits per heavy atom. The number of carbonyl (C=O) groups excluding carboxylic acids is 1. The van der Waals surface area contributed by atoms with Gasteiger partial charge in [0.25, 0.3) is 0 Å². The number of nitrogens with one attached hydrogen (secondary N) is 1. The highest BCUT2D eigenvalue weighted by Crippen LogP contribution is 2.23. The van der Waals surface area contributed by atoms with Gasteiger partial charge < -0.3 is 14.8 Å². The third-order valence-electron chi connectivity index (χ3n) is 3.68. The van der Waals surface area contributed by atoms with E-state index in [9.17, 15) is 0 Å². The van der Waals surface area contributed by atoms with Crippen LogP contribution in [0.3, 0.4) is 0 Å². The van der Waals surface area contributed by atoms with Gasteiger partial charge in [-0.2, -0.15) is 0 Å². The lowest BCUT2D eigenvalue weighted by Gasteiger charge is -2.10. The number of hydrogen-bond acceptors (Lipinski definition) is 5. The number of nitrogens with zero attached hydrogens (tertiary/aromatic N) is 2. The van der Waals surface area contributed by atoms with E-state index >= 15 is 0 Å². The monoisotopic (exact) mass is 349 g/mol. The fraction of sp³-hybridized carbons (Fsp3) is 0.190. The number of carbonyl (C=O) groups is 1. The average molecular weight is 349 g/mol. The summed E-state index contributed by atoms with van der Waals surface area (Å²) in [5.41, 5.74) is 4.03. The summed E-state index contributed by atoms with van der Waals surface area (Å²) >= 11 is 0. The van der Waals surface area contributed by atoms with E-state index in [0.717, 1.165) is 41.2 Å². The number of benzene rings is 2.